The summed E-state index contributed by atoms with van der Waals surface area (Å²) in [7, 11) is 1.59. The number of anilines is 2. The molecule has 1 aliphatic rings. The minimum absolute atomic E-state index is 0.0391. The monoisotopic (exact) mass is 330 g/mol. The number of amides is 3. The van der Waals surface area contributed by atoms with Gasteiger partial charge in [0, 0.05) is 24.7 Å². The van der Waals surface area contributed by atoms with Crippen LogP contribution in [0.15, 0.2) is 34.9 Å². The molecule has 0 bridgehead atoms. The van der Waals surface area contributed by atoms with E-state index in [2.05, 4.69) is 15.8 Å². The molecule has 0 saturated carbocycles. The molecule has 0 spiro atoms. The first kappa shape index (κ1) is 15.9. The molecule has 1 fully saturated rings. The maximum atomic E-state index is 12.2. The van der Waals surface area contributed by atoms with Crippen molar-refractivity contribution in [2.24, 2.45) is 0 Å². The molecule has 1 saturated heterocycles. The Hall–Kier alpha value is -3.03. The number of carbonyl (C=O) groups is 2. The smallest absolute Gasteiger partial charge is 0.320 e. The number of rotatable bonds is 4. The van der Waals surface area contributed by atoms with Crippen LogP contribution in [0.5, 0.6) is 5.75 Å². The fourth-order valence-corrected chi connectivity index (χ4v) is 2.58. The fourth-order valence-electron chi connectivity index (χ4n) is 2.58. The quantitative estimate of drug-likeness (QED) is 0.893. The van der Waals surface area contributed by atoms with E-state index >= 15 is 0 Å². The topological polar surface area (TPSA) is 96.7 Å². The zero-order valence-corrected chi connectivity index (χ0v) is 13.4. The molecule has 2 heterocycles. The highest BCUT2D eigenvalue weighted by molar-refractivity contribution is 5.97. The normalized spacial score (nSPS) is 17.0. The number of carbonyl (C=O) groups excluding carboxylic acids is 2. The van der Waals surface area contributed by atoms with Crippen molar-refractivity contribution in [3.8, 4) is 5.75 Å². The van der Waals surface area contributed by atoms with Crippen LogP contribution in [0.25, 0.3) is 0 Å². The van der Waals surface area contributed by atoms with Gasteiger partial charge in [-0.1, -0.05) is 5.16 Å². The number of aromatic nitrogens is 1. The molecule has 2 N–H and O–H groups in total. The highest BCUT2D eigenvalue weighted by Crippen LogP contribution is 2.24. The molecule has 1 aromatic heterocycles. The van der Waals surface area contributed by atoms with Gasteiger partial charge in [0.2, 0.25) is 5.91 Å². The van der Waals surface area contributed by atoms with Crippen molar-refractivity contribution in [2.45, 2.75) is 19.4 Å². The number of ether oxygens (including phenoxy) is 1. The number of nitrogens with zero attached hydrogens (tertiary/aromatic N) is 2. The molecular formula is C16H18N4O4. The Morgan fingerprint density at radius 2 is 2.12 bits per heavy atom. The van der Waals surface area contributed by atoms with E-state index < -0.39 is 6.03 Å². The molecule has 3 amide bonds. The minimum atomic E-state index is -0.419. The summed E-state index contributed by atoms with van der Waals surface area (Å²) in [5.74, 6) is 1.62. The van der Waals surface area contributed by atoms with Crippen molar-refractivity contribution in [3.05, 3.63) is 36.1 Å². The number of aryl methyl sites for hydroxylation is 1. The van der Waals surface area contributed by atoms with Crippen LogP contribution in [0.2, 0.25) is 0 Å². The molecule has 24 heavy (non-hydrogen) atoms. The maximum Gasteiger partial charge on any atom is 0.320 e. The van der Waals surface area contributed by atoms with Crippen molar-refractivity contribution in [1.82, 2.24) is 10.5 Å². The summed E-state index contributed by atoms with van der Waals surface area (Å²) in [5, 5.41) is 9.03. The van der Waals surface area contributed by atoms with Crippen molar-refractivity contribution in [2.75, 3.05) is 23.9 Å². The van der Waals surface area contributed by atoms with Crippen molar-refractivity contribution in [1.29, 1.82) is 0 Å². The highest BCUT2D eigenvalue weighted by Gasteiger charge is 2.31. The number of nitrogens with one attached hydrogen (secondary N) is 2. The lowest BCUT2D eigenvalue weighted by Crippen LogP contribution is -2.39. The Balaban J connectivity index is 1.58. The third-order valence-electron chi connectivity index (χ3n) is 3.71. The molecule has 0 unspecified atom stereocenters. The Bertz CT molecular complexity index is 741. The Morgan fingerprint density at radius 1 is 1.38 bits per heavy atom. The molecule has 3 rings (SSSR count). The third-order valence-corrected chi connectivity index (χ3v) is 3.71. The lowest BCUT2D eigenvalue weighted by atomic mass is 10.2. The van der Waals surface area contributed by atoms with E-state index in [0.29, 0.717) is 18.1 Å². The summed E-state index contributed by atoms with van der Waals surface area (Å²) < 4.78 is 9.99. The molecule has 1 atom stereocenters. The average Bonchev–Trinajstić information content (AvgIpc) is 3.13. The third kappa shape index (κ3) is 3.48. The van der Waals surface area contributed by atoms with Crippen molar-refractivity contribution < 1.29 is 18.8 Å². The van der Waals surface area contributed by atoms with E-state index in [1.54, 1.807) is 37.1 Å². The lowest BCUT2D eigenvalue weighted by molar-refractivity contribution is -0.117. The van der Waals surface area contributed by atoms with Crippen LogP contribution in [0.3, 0.4) is 0 Å². The van der Waals surface area contributed by atoms with E-state index in [1.807, 2.05) is 12.1 Å². The number of benzene rings is 1. The van der Waals surface area contributed by atoms with Crippen LogP contribution in [-0.2, 0) is 4.79 Å². The van der Waals surface area contributed by atoms with E-state index in [9.17, 15) is 9.59 Å². The Labute approximate surface area is 138 Å². The van der Waals surface area contributed by atoms with E-state index in [4.69, 9.17) is 9.26 Å². The molecule has 2 aromatic rings. The largest absolute Gasteiger partial charge is 0.497 e. The van der Waals surface area contributed by atoms with Gasteiger partial charge in [-0.05, 0) is 31.2 Å². The predicted molar refractivity (Wildman–Crippen MR) is 87.1 cm³/mol. The number of hydrogen-bond acceptors (Lipinski definition) is 5. The Morgan fingerprint density at radius 3 is 2.75 bits per heavy atom. The number of hydrogen-bond donors (Lipinski definition) is 2. The summed E-state index contributed by atoms with van der Waals surface area (Å²) >= 11 is 0. The van der Waals surface area contributed by atoms with Gasteiger partial charge in [0.25, 0.3) is 0 Å². The zero-order chi connectivity index (χ0) is 17.1. The standard InChI is InChI=1S/C16H18N4O4/c1-10-7-14(19-24-10)18-16(22)17-11-8-15(21)20(9-11)12-3-5-13(23-2)6-4-12/h3-7,11H,8-9H2,1-2H3,(H2,17,18,19,22)/t11-/m0/s1. The van der Waals surface area contributed by atoms with Gasteiger partial charge in [-0.3, -0.25) is 10.1 Å². The zero-order valence-electron chi connectivity index (χ0n) is 13.4. The van der Waals surface area contributed by atoms with Gasteiger partial charge in [-0.15, -0.1) is 0 Å². The first-order valence-corrected chi connectivity index (χ1v) is 7.50. The first-order valence-electron chi connectivity index (χ1n) is 7.50. The second-order valence-electron chi connectivity index (χ2n) is 5.52. The van der Waals surface area contributed by atoms with Crippen LogP contribution >= 0.6 is 0 Å². The molecule has 0 aliphatic carbocycles. The summed E-state index contributed by atoms with van der Waals surface area (Å²) in [6, 6.07) is 8.15. The van der Waals surface area contributed by atoms with Gasteiger partial charge in [0.15, 0.2) is 5.82 Å². The second kappa shape index (κ2) is 6.61. The summed E-state index contributed by atoms with van der Waals surface area (Å²) in [4.78, 5) is 25.8. The van der Waals surface area contributed by atoms with Crippen molar-refractivity contribution in [3.63, 3.8) is 0 Å². The van der Waals surface area contributed by atoms with Gasteiger partial charge in [0.05, 0.1) is 13.2 Å². The summed E-state index contributed by atoms with van der Waals surface area (Å²) in [6.45, 7) is 2.15. The summed E-state index contributed by atoms with van der Waals surface area (Å²) in [5.41, 5.74) is 0.776. The molecule has 1 aliphatic heterocycles. The van der Waals surface area contributed by atoms with Crippen LogP contribution in [0.1, 0.15) is 12.2 Å². The highest BCUT2D eigenvalue weighted by atomic mass is 16.5. The van der Waals surface area contributed by atoms with Crippen LogP contribution in [0.4, 0.5) is 16.3 Å². The lowest BCUT2D eigenvalue weighted by Gasteiger charge is -2.17. The molecule has 8 nitrogen and oxygen atoms in total. The maximum absolute atomic E-state index is 12.2. The second-order valence-corrected chi connectivity index (χ2v) is 5.52. The molecule has 126 valence electrons. The van der Waals surface area contributed by atoms with Gasteiger partial charge >= 0.3 is 6.03 Å². The fraction of sp³-hybridized carbons (Fsp3) is 0.312. The van der Waals surface area contributed by atoms with Crippen LogP contribution in [-0.4, -0.2) is 36.8 Å². The van der Waals surface area contributed by atoms with Crippen LogP contribution < -0.4 is 20.3 Å². The van der Waals surface area contributed by atoms with E-state index in [1.165, 1.54) is 0 Å². The molecule has 8 heteroatoms. The molecule has 1 aromatic carbocycles. The van der Waals surface area contributed by atoms with E-state index in [-0.39, 0.29) is 18.4 Å². The van der Waals surface area contributed by atoms with Gasteiger partial charge in [0.1, 0.15) is 11.5 Å². The average molecular weight is 330 g/mol. The SMILES string of the molecule is COc1ccc(N2C[C@@H](NC(=O)Nc3cc(C)on3)CC2=O)cc1. The summed E-state index contributed by atoms with van der Waals surface area (Å²) in [6.07, 6.45) is 0.247. The van der Waals surface area contributed by atoms with Gasteiger partial charge in [-0.2, -0.15) is 0 Å². The van der Waals surface area contributed by atoms with Gasteiger partial charge in [-0.25, -0.2) is 4.79 Å². The van der Waals surface area contributed by atoms with Crippen molar-refractivity contribution >= 4 is 23.4 Å². The minimum Gasteiger partial charge on any atom is -0.497 e. The first-order chi connectivity index (χ1) is 11.5. The number of methoxy groups -OCH3 is 1. The molecular weight excluding hydrogens is 312 g/mol. The van der Waals surface area contributed by atoms with E-state index in [0.717, 1.165) is 11.4 Å². The predicted octanol–water partition coefficient (Wildman–Crippen LogP) is 1.92. The van der Waals surface area contributed by atoms with Gasteiger partial charge < -0.3 is 19.5 Å². The Kier molecular flexibility index (Phi) is 4.37. The van der Waals surface area contributed by atoms with Crippen LogP contribution in [0, 0.1) is 6.92 Å². The number of urea groups is 1. The molecule has 0 radical (unpaired) electrons.